The Labute approximate surface area is 220 Å². The van der Waals surface area contributed by atoms with Crippen molar-refractivity contribution in [2.45, 2.75) is 77.6 Å². The Morgan fingerprint density at radius 3 is 2.41 bits per heavy atom. The second-order valence-corrected chi connectivity index (χ2v) is 11.2. The molecule has 1 aromatic heterocycles. The van der Waals surface area contributed by atoms with Crippen molar-refractivity contribution in [2.75, 3.05) is 13.1 Å². The maximum absolute atomic E-state index is 14.0. The van der Waals surface area contributed by atoms with Gasteiger partial charge < -0.3 is 19.5 Å². The van der Waals surface area contributed by atoms with Crippen LogP contribution in [-0.4, -0.2) is 34.7 Å². The van der Waals surface area contributed by atoms with Crippen molar-refractivity contribution in [1.29, 1.82) is 0 Å². The molecule has 1 aliphatic heterocycles. The van der Waals surface area contributed by atoms with E-state index in [4.69, 9.17) is 4.74 Å². The lowest BCUT2D eigenvalue weighted by molar-refractivity contribution is 0.0888. The summed E-state index contributed by atoms with van der Waals surface area (Å²) in [5.41, 5.74) is 2.98. The standard InChI is InChI=1S/C31H40FN3O2/c1-22(2)24-8-11-27(12-9-24)34-16-14-28(15-17-34)35-29(19-25-18-26(32)10-13-30(25)35)20-33-31(36)37-21-23-6-4-3-5-7-23/h3-7,10,13,18-19,22,24,27-28H,8-9,11-12,14-17,20-21H2,1-2H3,(H,33,36). The number of nitrogens with zero attached hydrogens (tertiary/aromatic N) is 2. The number of carbonyl (C=O) groups excluding carboxylic acids is 1. The van der Waals surface area contributed by atoms with E-state index in [1.807, 2.05) is 42.5 Å². The van der Waals surface area contributed by atoms with Crippen LogP contribution in [0.2, 0.25) is 0 Å². The summed E-state index contributed by atoms with van der Waals surface area (Å²) in [6, 6.07) is 17.7. The fourth-order valence-electron chi connectivity index (χ4n) is 6.41. The van der Waals surface area contributed by atoms with Crippen LogP contribution in [0, 0.1) is 17.7 Å². The maximum atomic E-state index is 14.0. The molecule has 0 atom stereocenters. The van der Waals surface area contributed by atoms with E-state index in [1.54, 1.807) is 6.07 Å². The third-order valence-electron chi connectivity index (χ3n) is 8.57. The summed E-state index contributed by atoms with van der Waals surface area (Å²) in [7, 11) is 0. The molecule has 3 aromatic rings. The van der Waals surface area contributed by atoms with Gasteiger partial charge >= 0.3 is 6.09 Å². The van der Waals surface area contributed by atoms with Crippen molar-refractivity contribution in [2.24, 2.45) is 11.8 Å². The molecule has 2 aliphatic rings. The van der Waals surface area contributed by atoms with Gasteiger partial charge in [-0.1, -0.05) is 44.2 Å². The molecule has 5 rings (SSSR count). The van der Waals surface area contributed by atoms with Crippen molar-refractivity contribution in [3.8, 4) is 0 Å². The summed E-state index contributed by atoms with van der Waals surface area (Å²) in [6.07, 6.45) is 7.03. The number of hydrogen-bond acceptors (Lipinski definition) is 3. The molecule has 0 radical (unpaired) electrons. The fourth-order valence-corrected chi connectivity index (χ4v) is 6.41. The number of carbonyl (C=O) groups is 1. The molecule has 2 aromatic carbocycles. The SMILES string of the molecule is CC(C)C1CCC(N2CCC(n3c(CNC(=O)OCc4ccccc4)cc4cc(F)ccc43)CC2)CC1. The number of ether oxygens (including phenoxy) is 1. The number of benzene rings is 2. The molecular weight excluding hydrogens is 465 g/mol. The van der Waals surface area contributed by atoms with Crippen molar-refractivity contribution < 1.29 is 13.9 Å². The topological polar surface area (TPSA) is 46.5 Å². The number of fused-ring (bicyclic) bond motifs is 1. The van der Waals surface area contributed by atoms with Crippen molar-refractivity contribution in [3.05, 3.63) is 71.7 Å². The van der Waals surface area contributed by atoms with Gasteiger partial charge in [-0.05, 0) is 80.2 Å². The maximum Gasteiger partial charge on any atom is 0.407 e. The van der Waals surface area contributed by atoms with E-state index in [1.165, 1.54) is 31.7 Å². The first kappa shape index (κ1) is 25.8. The largest absolute Gasteiger partial charge is 0.445 e. The van der Waals surface area contributed by atoms with E-state index in [-0.39, 0.29) is 12.4 Å². The van der Waals surface area contributed by atoms with Crippen molar-refractivity contribution in [1.82, 2.24) is 14.8 Å². The lowest BCUT2D eigenvalue weighted by atomic mass is 9.79. The van der Waals surface area contributed by atoms with Crippen molar-refractivity contribution >= 4 is 17.0 Å². The highest BCUT2D eigenvalue weighted by atomic mass is 19.1. The molecule has 0 unspecified atom stereocenters. The lowest BCUT2D eigenvalue weighted by Crippen LogP contribution is -2.44. The Hall–Kier alpha value is -2.86. The molecule has 0 spiro atoms. The first-order valence-corrected chi connectivity index (χ1v) is 14.0. The predicted octanol–water partition coefficient (Wildman–Crippen LogP) is 7.06. The van der Waals surface area contributed by atoms with E-state index in [2.05, 4.69) is 28.6 Å². The van der Waals surface area contributed by atoms with Gasteiger partial charge in [0.1, 0.15) is 12.4 Å². The molecule has 1 saturated carbocycles. The highest BCUT2D eigenvalue weighted by molar-refractivity contribution is 5.82. The van der Waals surface area contributed by atoms with Gasteiger partial charge in [0.05, 0.1) is 6.54 Å². The van der Waals surface area contributed by atoms with E-state index in [9.17, 15) is 9.18 Å². The van der Waals surface area contributed by atoms with Gasteiger partial charge in [0.25, 0.3) is 0 Å². The Bertz CT molecular complexity index is 1180. The summed E-state index contributed by atoms with van der Waals surface area (Å²) >= 11 is 0. The van der Waals surface area contributed by atoms with Crippen LogP contribution < -0.4 is 5.32 Å². The molecule has 37 heavy (non-hydrogen) atoms. The summed E-state index contributed by atoms with van der Waals surface area (Å²) in [5, 5.41) is 3.79. The number of nitrogens with one attached hydrogen (secondary N) is 1. The van der Waals surface area contributed by atoms with Gasteiger partial charge in [0.15, 0.2) is 0 Å². The van der Waals surface area contributed by atoms with E-state index in [0.29, 0.717) is 18.6 Å². The number of aromatic nitrogens is 1. The van der Waals surface area contributed by atoms with Gasteiger partial charge in [0.2, 0.25) is 0 Å². The first-order chi connectivity index (χ1) is 18.0. The van der Waals surface area contributed by atoms with Crippen LogP contribution in [0.4, 0.5) is 9.18 Å². The van der Waals surface area contributed by atoms with E-state index < -0.39 is 6.09 Å². The molecule has 198 valence electrons. The second kappa shape index (κ2) is 11.7. The van der Waals surface area contributed by atoms with E-state index >= 15 is 0 Å². The van der Waals surface area contributed by atoms with Gasteiger partial charge in [-0.15, -0.1) is 0 Å². The van der Waals surface area contributed by atoms with Crippen LogP contribution in [0.15, 0.2) is 54.6 Å². The van der Waals surface area contributed by atoms with E-state index in [0.717, 1.165) is 59.9 Å². The van der Waals surface area contributed by atoms with Gasteiger partial charge in [-0.2, -0.15) is 0 Å². The average molecular weight is 506 g/mol. The summed E-state index contributed by atoms with van der Waals surface area (Å²) in [4.78, 5) is 15.1. The Morgan fingerprint density at radius 2 is 1.70 bits per heavy atom. The second-order valence-electron chi connectivity index (χ2n) is 11.2. The zero-order valence-corrected chi connectivity index (χ0v) is 22.2. The summed E-state index contributed by atoms with van der Waals surface area (Å²) < 4.78 is 21.8. The summed E-state index contributed by atoms with van der Waals surface area (Å²) in [5.74, 6) is 1.44. The Balaban J connectivity index is 1.23. The molecular formula is C31H40FN3O2. The van der Waals surface area contributed by atoms with Crippen LogP contribution in [-0.2, 0) is 17.9 Å². The fraction of sp³-hybridized carbons (Fsp3) is 0.516. The third-order valence-corrected chi connectivity index (χ3v) is 8.57. The molecule has 0 bridgehead atoms. The zero-order chi connectivity index (χ0) is 25.8. The molecule has 1 aliphatic carbocycles. The van der Waals surface area contributed by atoms with Crippen LogP contribution in [0.25, 0.3) is 10.9 Å². The highest BCUT2D eigenvalue weighted by Crippen LogP contribution is 2.36. The van der Waals surface area contributed by atoms with Crippen LogP contribution in [0.1, 0.15) is 69.7 Å². The van der Waals surface area contributed by atoms with Crippen molar-refractivity contribution in [3.63, 3.8) is 0 Å². The predicted molar refractivity (Wildman–Crippen MR) is 146 cm³/mol. The molecule has 1 N–H and O–H groups in total. The molecule has 2 fully saturated rings. The number of likely N-dealkylation sites (tertiary alicyclic amines) is 1. The monoisotopic (exact) mass is 505 g/mol. The molecule has 1 amide bonds. The smallest absolute Gasteiger partial charge is 0.407 e. The normalized spacial score (nSPS) is 21.4. The minimum absolute atomic E-state index is 0.235. The molecule has 1 saturated heterocycles. The number of amides is 1. The molecule has 6 heteroatoms. The number of rotatable bonds is 7. The lowest BCUT2D eigenvalue weighted by Gasteiger charge is -2.42. The highest BCUT2D eigenvalue weighted by Gasteiger charge is 2.31. The van der Waals surface area contributed by atoms with Crippen LogP contribution >= 0.6 is 0 Å². The molecule has 2 heterocycles. The average Bonchev–Trinajstić information content (AvgIpc) is 3.28. The number of piperidine rings is 1. The first-order valence-electron chi connectivity index (χ1n) is 14.0. The van der Waals surface area contributed by atoms with Gasteiger partial charge in [-0.25, -0.2) is 9.18 Å². The van der Waals surface area contributed by atoms with Crippen LogP contribution in [0.3, 0.4) is 0 Å². The van der Waals surface area contributed by atoms with Gasteiger partial charge in [0, 0.05) is 41.8 Å². The Kier molecular flexibility index (Phi) is 8.14. The quantitative estimate of drug-likeness (QED) is 0.374. The van der Waals surface area contributed by atoms with Crippen LogP contribution in [0.5, 0.6) is 0 Å². The number of hydrogen-bond donors (Lipinski definition) is 1. The Morgan fingerprint density at radius 1 is 0.973 bits per heavy atom. The zero-order valence-electron chi connectivity index (χ0n) is 22.2. The third kappa shape index (κ3) is 6.18. The summed E-state index contributed by atoms with van der Waals surface area (Å²) in [6.45, 7) is 7.49. The number of alkyl carbamates (subject to hydrolysis) is 1. The minimum atomic E-state index is -0.446. The number of halogens is 1. The minimum Gasteiger partial charge on any atom is -0.445 e. The molecule has 5 nitrogen and oxygen atoms in total. The van der Waals surface area contributed by atoms with Gasteiger partial charge in [-0.3, -0.25) is 0 Å².